The van der Waals surface area contributed by atoms with Crippen LogP contribution in [0.5, 0.6) is 0 Å². The molecule has 1 aromatic carbocycles. The van der Waals surface area contributed by atoms with E-state index in [4.69, 9.17) is 10.3 Å². The van der Waals surface area contributed by atoms with Crippen LogP contribution in [0.15, 0.2) is 33.3 Å². The number of hydrogen-bond donors (Lipinski definition) is 1. The first-order valence-corrected chi connectivity index (χ1v) is 6.43. The molecule has 2 aromatic rings. The number of nitrogens with two attached hydrogens (primary N) is 1. The van der Waals surface area contributed by atoms with Gasteiger partial charge in [0, 0.05) is 10.4 Å². The highest BCUT2D eigenvalue weighted by Gasteiger charge is 2.19. The van der Waals surface area contributed by atoms with Crippen LogP contribution in [0, 0.1) is 0 Å². The van der Waals surface area contributed by atoms with Crippen molar-refractivity contribution in [3.63, 3.8) is 0 Å². The predicted octanol–water partition coefficient (Wildman–Crippen LogP) is 4.20. The van der Waals surface area contributed by atoms with Crippen molar-refractivity contribution >= 4 is 21.7 Å². The van der Waals surface area contributed by atoms with Crippen LogP contribution in [0.25, 0.3) is 11.1 Å². The highest BCUT2D eigenvalue weighted by Crippen LogP contribution is 2.35. The van der Waals surface area contributed by atoms with E-state index in [0.717, 1.165) is 27.8 Å². The lowest BCUT2D eigenvalue weighted by Crippen LogP contribution is -1.94. The fourth-order valence-corrected chi connectivity index (χ4v) is 2.01. The average molecular weight is 295 g/mol. The molecule has 1 aromatic heterocycles. The second kappa shape index (κ2) is 4.92. The Morgan fingerprint density at radius 2 is 2.00 bits per heavy atom. The molecular formula is C13H15BrN2O. The summed E-state index contributed by atoms with van der Waals surface area (Å²) in [4.78, 5) is 0. The minimum Gasteiger partial charge on any atom is -0.380 e. The Morgan fingerprint density at radius 1 is 1.35 bits per heavy atom. The number of hydrogen-bond acceptors (Lipinski definition) is 3. The van der Waals surface area contributed by atoms with Crippen LogP contribution < -0.4 is 5.73 Å². The van der Waals surface area contributed by atoms with Crippen LogP contribution in [0.4, 0.5) is 5.82 Å². The lowest BCUT2D eigenvalue weighted by atomic mass is 9.97. The Balaban J connectivity index is 2.50. The first-order valence-electron chi connectivity index (χ1n) is 5.64. The van der Waals surface area contributed by atoms with Crippen LogP contribution in [0.1, 0.15) is 31.9 Å². The number of anilines is 1. The number of benzene rings is 1. The molecule has 0 spiro atoms. The van der Waals surface area contributed by atoms with Gasteiger partial charge in [0.1, 0.15) is 5.76 Å². The summed E-state index contributed by atoms with van der Waals surface area (Å²) in [6.07, 6.45) is 0.998. The molecule has 0 aliphatic rings. The summed E-state index contributed by atoms with van der Waals surface area (Å²) >= 11 is 3.42. The van der Waals surface area contributed by atoms with Gasteiger partial charge in [-0.3, -0.25) is 0 Å². The van der Waals surface area contributed by atoms with Crippen molar-refractivity contribution in [3.8, 4) is 11.1 Å². The van der Waals surface area contributed by atoms with E-state index in [9.17, 15) is 0 Å². The zero-order valence-corrected chi connectivity index (χ0v) is 11.5. The topological polar surface area (TPSA) is 52.0 Å². The van der Waals surface area contributed by atoms with Gasteiger partial charge in [-0.05, 0) is 24.1 Å². The molecule has 17 heavy (non-hydrogen) atoms. The van der Waals surface area contributed by atoms with E-state index in [1.54, 1.807) is 0 Å². The summed E-state index contributed by atoms with van der Waals surface area (Å²) in [6.45, 7) is 4.23. The van der Waals surface area contributed by atoms with Gasteiger partial charge in [-0.1, -0.05) is 47.1 Å². The third-order valence-electron chi connectivity index (χ3n) is 2.94. The molecule has 2 N–H and O–H groups in total. The molecule has 0 fully saturated rings. The molecule has 4 heteroatoms. The van der Waals surface area contributed by atoms with Crippen molar-refractivity contribution in [1.82, 2.24) is 5.16 Å². The molecule has 0 aliphatic heterocycles. The number of nitrogen functional groups attached to an aromatic ring is 1. The van der Waals surface area contributed by atoms with Gasteiger partial charge in [-0.15, -0.1) is 0 Å². The van der Waals surface area contributed by atoms with E-state index < -0.39 is 0 Å². The molecule has 0 saturated heterocycles. The molecule has 0 aliphatic carbocycles. The van der Waals surface area contributed by atoms with Crippen LogP contribution >= 0.6 is 15.9 Å². The van der Waals surface area contributed by atoms with E-state index in [2.05, 4.69) is 34.9 Å². The average Bonchev–Trinajstić information content (AvgIpc) is 2.71. The minimum absolute atomic E-state index is 0.318. The number of rotatable bonds is 3. The molecule has 0 amide bonds. The highest BCUT2D eigenvalue weighted by molar-refractivity contribution is 9.10. The summed E-state index contributed by atoms with van der Waals surface area (Å²) < 4.78 is 6.39. The largest absolute Gasteiger partial charge is 0.380 e. The van der Waals surface area contributed by atoms with Crippen molar-refractivity contribution in [2.24, 2.45) is 0 Å². The normalized spacial score (nSPS) is 12.6. The highest BCUT2D eigenvalue weighted by atomic mass is 79.9. The summed E-state index contributed by atoms with van der Waals surface area (Å²) in [6, 6.07) is 8.00. The molecule has 1 unspecified atom stereocenters. The lowest BCUT2D eigenvalue weighted by Gasteiger charge is -2.07. The van der Waals surface area contributed by atoms with Gasteiger partial charge in [-0.25, -0.2) is 0 Å². The first kappa shape index (κ1) is 12.2. The maximum Gasteiger partial charge on any atom is 0.175 e. The van der Waals surface area contributed by atoms with Gasteiger partial charge >= 0.3 is 0 Å². The van der Waals surface area contributed by atoms with E-state index in [1.165, 1.54) is 0 Å². The Hall–Kier alpha value is -1.29. The van der Waals surface area contributed by atoms with Crippen molar-refractivity contribution in [2.45, 2.75) is 26.2 Å². The third kappa shape index (κ3) is 2.36. The number of aromatic nitrogens is 1. The monoisotopic (exact) mass is 294 g/mol. The minimum atomic E-state index is 0.318. The zero-order chi connectivity index (χ0) is 12.4. The maximum atomic E-state index is 5.89. The van der Waals surface area contributed by atoms with Gasteiger partial charge < -0.3 is 10.3 Å². The van der Waals surface area contributed by atoms with Crippen LogP contribution in [0.2, 0.25) is 0 Å². The zero-order valence-electron chi connectivity index (χ0n) is 9.90. The van der Waals surface area contributed by atoms with E-state index >= 15 is 0 Å². The van der Waals surface area contributed by atoms with Gasteiger partial charge in [0.05, 0.1) is 5.56 Å². The second-order valence-corrected chi connectivity index (χ2v) is 5.04. The fourth-order valence-electron chi connectivity index (χ4n) is 1.74. The van der Waals surface area contributed by atoms with Gasteiger partial charge in [0.15, 0.2) is 5.82 Å². The lowest BCUT2D eigenvalue weighted by molar-refractivity contribution is 0.366. The Bertz CT molecular complexity index is 505. The number of halogens is 1. The smallest absolute Gasteiger partial charge is 0.175 e. The van der Waals surface area contributed by atoms with E-state index in [-0.39, 0.29) is 0 Å². The summed E-state index contributed by atoms with van der Waals surface area (Å²) in [5, 5.41) is 3.88. The van der Waals surface area contributed by atoms with E-state index in [0.29, 0.717) is 11.7 Å². The Morgan fingerprint density at radius 3 is 2.59 bits per heavy atom. The predicted molar refractivity (Wildman–Crippen MR) is 72.8 cm³/mol. The Labute approximate surface area is 109 Å². The third-order valence-corrected chi connectivity index (χ3v) is 3.47. The maximum absolute atomic E-state index is 5.89. The molecule has 0 radical (unpaired) electrons. The molecule has 1 atom stereocenters. The SMILES string of the molecule is CCC(C)c1onc(N)c1-c1ccc(Br)cc1. The summed E-state index contributed by atoms with van der Waals surface area (Å²) in [5.74, 6) is 1.65. The van der Waals surface area contributed by atoms with Crippen molar-refractivity contribution in [2.75, 3.05) is 5.73 Å². The molecule has 2 rings (SSSR count). The van der Waals surface area contributed by atoms with Gasteiger partial charge in [0.25, 0.3) is 0 Å². The van der Waals surface area contributed by atoms with Crippen LogP contribution in [-0.4, -0.2) is 5.16 Å². The first-order chi connectivity index (χ1) is 8.13. The van der Waals surface area contributed by atoms with Gasteiger partial charge in [0.2, 0.25) is 0 Å². The molecule has 0 saturated carbocycles. The molecular weight excluding hydrogens is 280 g/mol. The quantitative estimate of drug-likeness (QED) is 0.923. The van der Waals surface area contributed by atoms with Crippen molar-refractivity contribution < 1.29 is 4.52 Å². The van der Waals surface area contributed by atoms with Crippen molar-refractivity contribution in [3.05, 3.63) is 34.5 Å². The van der Waals surface area contributed by atoms with Gasteiger partial charge in [-0.2, -0.15) is 0 Å². The van der Waals surface area contributed by atoms with Crippen LogP contribution in [0.3, 0.4) is 0 Å². The van der Waals surface area contributed by atoms with Crippen LogP contribution in [-0.2, 0) is 0 Å². The number of nitrogens with zero attached hydrogens (tertiary/aromatic N) is 1. The van der Waals surface area contributed by atoms with E-state index in [1.807, 2.05) is 24.3 Å². The molecule has 3 nitrogen and oxygen atoms in total. The second-order valence-electron chi connectivity index (χ2n) is 4.12. The standard InChI is InChI=1S/C13H15BrN2O/c1-3-8(2)12-11(13(15)16-17-12)9-4-6-10(14)7-5-9/h4-8H,3H2,1-2H3,(H2,15,16). The summed E-state index contributed by atoms with van der Waals surface area (Å²) in [7, 11) is 0. The molecule has 0 bridgehead atoms. The Kier molecular flexibility index (Phi) is 3.52. The fraction of sp³-hybridized carbons (Fsp3) is 0.308. The molecule has 1 heterocycles. The van der Waals surface area contributed by atoms with Crippen molar-refractivity contribution in [1.29, 1.82) is 0 Å². The summed E-state index contributed by atoms with van der Waals surface area (Å²) in [5.41, 5.74) is 7.85. The molecule has 90 valence electrons.